The van der Waals surface area contributed by atoms with Crippen molar-refractivity contribution in [3.05, 3.63) is 17.0 Å². The molecule has 1 aliphatic heterocycles. The van der Waals surface area contributed by atoms with E-state index in [1.54, 1.807) is 11.0 Å². The zero-order valence-corrected chi connectivity index (χ0v) is 11.5. The van der Waals surface area contributed by atoms with Crippen molar-refractivity contribution in [1.82, 2.24) is 10.1 Å². The van der Waals surface area contributed by atoms with Crippen LogP contribution in [0.4, 0.5) is 0 Å². The van der Waals surface area contributed by atoms with Crippen molar-refractivity contribution in [2.45, 2.75) is 25.3 Å². The number of aromatic nitrogens is 1. The second kappa shape index (κ2) is 6.71. The van der Waals surface area contributed by atoms with Gasteiger partial charge in [0.25, 0.3) is 0 Å². The van der Waals surface area contributed by atoms with E-state index in [-0.39, 0.29) is 30.5 Å². The van der Waals surface area contributed by atoms with Gasteiger partial charge in [0.15, 0.2) is 5.15 Å². The quantitative estimate of drug-likeness (QED) is 0.871. The average molecular weight is 303 g/mol. The summed E-state index contributed by atoms with van der Waals surface area (Å²) in [5.74, 6) is -0.529. The van der Waals surface area contributed by atoms with Crippen molar-refractivity contribution in [3.8, 4) is 0 Å². The second-order valence-electron chi connectivity index (χ2n) is 4.53. The number of carboxylic acids is 1. The third kappa shape index (κ3) is 3.94. The fourth-order valence-corrected chi connectivity index (χ4v) is 2.29. The monoisotopic (exact) mass is 302 g/mol. The molecule has 0 aliphatic carbocycles. The molecule has 0 aromatic carbocycles. The van der Waals surface area contributed by atoms with Gasteiger partial charge in [-0.2, -0.15) is 0 Å². The maximum atomic E-state index is 12.2. The largest absolute Gasteiger partial charge is 0.481 e. The molecule has 1 N–H and O–H groups in total. The first-order chi connectivity index (χ1) is 9.56. The highest BCUT2D eigenvalue weighted by atomic mass is 35.5. The highest BCUT2D eigenvalue weighted by Gasteiger charge is 2.28. The van der Waals surface area contributed by atoms with Crippen LogP contribution in [0.15, 0.2) is 10.6 Å². The van der Waals surface area contributed by atoms with Crippen LogP contribution in [-0.2, 0) is 20.7 Å². The van der Waals surface area contributed by atoms with E-state index in [0.717, 1.165) is 0 Å². The minimum Gasteiger partial charge on any atom is -0.481 e. The first-order valence-corrected chi connectivity index (χ1v) is 6.64. The van der Waals surface area contributed by atoms with E-state index in [2.05, 4.69) is 5.16 Å². The summed E-state index contributed by atoms with van der Waals surface area (Å²) in [6, 6.07) is 1.15. The summed E-state index contributed by atoms with van der Waals surface area (Å²) in [5, 5.41) is 12.6. The Morgan fingerprint density at radius 3 is 3.00 bits per heavy atom. The van der Waals surface area contributed by atoms with Crippen molar-refractivity contribution in [3.63, 3.8) is 0 Å². The number of aliphatic carboxylic acids is 1. The number of morpholine rings is 1. The van der Waals surface area contributed by atoms with Gasteiger partial charge in [0.05, 0.1) is 25.7 Å². The maximum Gasteiger partial charge on any atom is 0.305 e. The molecule has 8 heteroatoms. The number of rotatable bonds is 5. The Morgan fingerprint density at radius 2 is 2.35 bits per heavy atom. The summed E-state index contributed by atoms with van der Waals surface area (Å²) >= 11 is 5.62. The molecule has 1 aromatic rings. The van der Waals surface area contributed by atoms with Crippen molar-refractivity contribution >= 4 is 23.5 Å². The lowest BCUT2D eigenvalue weighted by Crippen LogP contribution is -2.49. The fourth-order valence-electron chi connectivity index (χ4n) is 2.13. The van der Waals surface area contributed by atoms with Gasteiger partial charge in [0.2, 0.25) is 5.91 Å². The van der Waals surface area contributed by atoms with Crippen LogP contribution in [0.5, 0.6) is 0 Å². The molecule has 20 heavy (non-hydrogen) atoms. The minimum atomic E-state index is -0.944. The summed E-state index contributed by atoms with van der Waals surface area (Å²) in [7, 11) is 0. The summed E-state index contributed by atoms with van der Waals surface area (Å²) in [6.45, 7) is 1.09. The predicted octanol–water partition coefficient (Wildman–Crippen LogP) is 0.963. The molecule has 0 spiro atoms. The molecule has 7 nitrogen and oxygen atoms in total. The SMILES string of the molecule is O=C(O)C[C@@H]1COCCN1C(=O)CCc1cc(Cl)no1. The number of carbonyl (C=O) groups is 2. The normalized spacial score (nSPS) is 19.1. The van der Waals surface area contributed by atoms with Gasteiger partial charge in [-0.25, -0.2) is 0 Å². The number of nitrogens with zero attached hydrogens (tertiary/aromatic N) is 2. The van der Waals surface area contributed by atoms with Crippen molar-refractivity contribution in [2.24, 2.45) is 0 Å². The molecule has 110 valence electrons. The lowest BCUT2D eigenvalue weighted by atomic mass is 10.1. The van der Waals surface area contributed by atoms with Gasteiger partial charge in [-0.05, 0) is 0 Å². The molecule has 2 rings (SSSR count). The van der Waals surface area contributed by atoms with E-state index >= 15 is 0 Å². The highest BCUT2D eigenvalue weighted by molar-refractivity contribution is 6.29. The van der Waals surface area contributed by atoms with Crippen LogP contribution in [0.2, 0.25) is 5.15 Å². The van der Waals surface area contributed by atoms with E-state index in [0.29, 0.717) is 25.3 Å². The van der Waals surface area contributed by atoms with Crippen molar-refractivity contribution in [1.29, 1.82) is 0 Å². The number of hydrogen-bond acceptors (Lipinski definition) is 5. The number of ether oxygens (including phenoxy) is 1. The number of carboxylic acid groups (broad SMARTS) is 1. The summed E-state index contributed by atoms with van der Waals surface area (Å²) in [5.41, 5.74) is 0. The first kappa shape index (κ1) is 14.8. The summed E-state index contributed by atoms with van der Waals surface area (Å²) in [6.07, 6.45) is 0.497. The Hall–Kier alpha value is -1.60. The highest BCUT2D eigenvalue weighted by Crippen LogP contribution is 2.15. The van der Waals surface area contributed by atoms with E-state index in [1.165, 1.54) is 0 Å². The Morgan fingerprint density at radius 1 is 1.55 bits per heavy atom. The molecule has 1 aromatic heterocycles. The van der Waals surface area contributed by atoms with E-state index in [9.17, 15) is 9.59 Å². The smallest absolute Gasteiger partial charge is 0.305 e. The Kier molecular flexibility index (Phi) is 4.97. The fraction of sp³-hybridized carbons (Fsp3) is 0.583. The molecule has 0 radical (unpaired) electrons. The second-order valence-corrected chi connectivity index (χ2v) is 4.92. The lowest BCUT2D eigenvalue weighted by Gasteiger charge is -2.34. The molecular weight excluding hydrogens is 288 g/mol. The summed E-state index contributed by atoms with van der Waals surface area (Å²) in [4.78, 5) is 24.5. The number of amides is 1. The molecule has 0 saturated carbocycles. The van der Waals surface area contributed by atoms with Gasteiger partial charge in [0.1, 0.15) is 5.76 Å². The maximum absolute atomic E-state index is 12.2. The standard InChI is InChI=1S/C12H15ClN2O5/c13-10-6-9(20-14-10)1-2-11(16)15-3-4-19-7-8(15)5-12(17)18/h6,8H,1-5,7H2,(H,17,18)/t8-/m1/s1. The van der Waals surface area contributed by atoms with Crippen LogP contribution >= 0.6 is 11.6 Å². The molecule has 1 amide bonds. The van der Waals surface area contributed by atoms with Crippen LogP contribution in [0.1, 0.15) is 18.6 Å². The third-order valence-corrected chi connectivity index (χ3v) is 3.25. The van der Waals surface area contributed by atoms with Crippen molar-refractivity contribution in [2.75, 3.05) is 19.8 Å². The number of hydrogen-bond donors (Lipinski definition) is 1. The topological polar surface area (TPSA) is 92.9 Å². The zero-order chi connectivity index (χ0) is 14.5. The number of halogens is 1. The average Bonchev–Trinajstić information content (AvgIpc) is 2.82. The molecule has 2 heterocycles. The van der Waals surface area contributed by atoms with Gasteiger partial charge < -0.3 is 19.3 Å². The van der Waals surface area contributed by atoms with E-state index in [1.807, 2.05) is 0 Å². The van der Waals surface area contributed by atoms with Gasteiger partial charge in [-0.3, -0.25) is 9.59 Å². The Balaban J connectivity index is 1.90. The summed E-state index contributed by atoms with van der Waals surface area (Å²) < 4.78 is 10.1. The van der Waals surface area contributed by atoms with Crippen LogP contribution in [0.25, 0.3) is 0 Å². The van der Waals surface area contributed by atoms with Crippen molar-refractivity contribution < 1.29 is 24.0 Å². The minimum absolute atomic E-state index is 0.111. The third-order valence-electron chi connectivity index (χ3n) is 3.07. The van der Waals surface area contributed by atoms with Gasteiger partial charge in [-0.15, -0.1) is 0 Å². The molecule has 1 atom stereocenters. The molecule has 1 fully saturated rings. The molecule has 0 unspecified atom stereocenters. The Labute approximate surface area is 120 Å². The molecular formula is C12H15ClN2O5. The number of carbonyl (C=O) groups excluding carboxylic acids is 1. The van der Waals surface area contributed by atoms with Crippen LogP contribution in [0.3, 0.4) is 0 Å². The zero-order valence-electron chi connectivity index (χ0n) is 10.7. The predicted molar refractivity (Wildman–Crippen MR) is 68.4 cm³/mol. The van der Waals surface area contributed by atoms with Crippen LogP contribution < -0.4 is 0 Å². The van der Waals surface area contributed by atoms with E-state index in [4.69, 9.17) is 26.0 Å². The lowest BCUT2D eigenvalue weighted by molar-refractivity contribution is -0.146. The number of aryl methyl sites for hydroxylation is 1. The molecule has 0 bridgehead atoms. The molecule has 1 aliphatic rings. The molecule has 1 saturated heterocycles. The van der Waals surface area contributed by atoms with Crippen LogP contribution in [0, 0.1) is 0 Å². The van der Waals surface area contributed by atoms with E-state index < -0.39 is 12.0 Å². The van der Waals surface area contributed by atoms with Gasteiger partial charge >= 0.3 is 5.97 Å². The van der Waals surface area contributed by atoms with Gasteiger partial charge in [0, 0.05) is 25.5 Å². The van der Waals surface area contributed by atoms with Gasteiger partial charge in [-0.1, -0.05) is 16.8 Å². The first-order valence-electron chi connectivity index (χ1n) is 6.26. The van der Waals surface area contributed by atoms with Crippen LogP contribution in [-0.4, -0.2) is 52.8 Å². The Bertz CT molecular complexity index is 490.